The van der Waals surface area contributed by atoms with Crippen LogP contribution in [-0.2, 0) is 5.41 Å². The van der Waals surface area contributed by atoms with Crippen molar-refractivity contribution in [1.82, 2.24) is 25.0 Å². The lowest BCUT2D eigenvalue weighted by Gasteiger charge is -2.45. The smallest absolute Gasteiger partial charge is 0.274 e. The zero-order valence-corrected chi connectivity index (χ0v) is 23.6. The molecule has 41 heavy (non-hydrogen) atoms. The van der Waals surface area contributed by atoms with E-state index in [9.17, 15) is 13.6 Å². The van der Waals surface area contributed by atoms with Gasteiger partial charge in [-0.3, -0.25) is 15.1 Å². The Labute approximate surface area is 238 Å². The van der Waals surface area contributed by atoms with Crippen LogP contribution in [0.3, 0.4) is 0 Å². The highest BCUT2D eigenvalue weighted by Gasteiger charge is 2.44. The summed E-state index contributed by atoms with van der Waals surface area (Å²) in [4.78, 5) is 22.0. The van der Waals surface area contributed by atoms with Crippen LogP contribution in [0, 0.1) is 11.6 Å². The minimum absolute atomic E-state index is 0.0247. The monoisotopic (exact) mass is 556 g/mol. The second kappa shape index (κ2) is 10.4. The summed E-state index contributed by atoms with van der Waals surface area (Å²) in [6.45, 7) is 8.87. The molecule has 0 saturated carbocycles. The number of halogens is 2. The number of anilines is 1. The topological polar surface area (TPSA) is 66.3 Å². The second-order valence-electron chi connectivity index (χ2n) is 12.0. The number of benzene rings is 2. The Bertz CT molecular complexity index is 1550. The quantitative estimate of drug-likeness (QED) is 0.357. The number of hydrogen-bond acceptors (Lipinski definition) is 5. The molecule has 4 aromatic rings. The van der Waals surface area contributed by atoms with E-state index in [1.165, 1.54) is 17.7 Å². The van der Waals surface area contributed by atoms with Gasteiger partial charge in [0.15, 0.2) is 17.3 Å². The fraction of sp³-hybridized carbons (Fsp3) is 0.344. The van der Waals surface area contributed by atoms with Gasteiger partial charge in [0.2, 0.25) is 0 Å². The van der Waals surface area contributed by atoms with Crippen LogP contribution in [0.15, 0.2) is 73.1 Å². The first-order valence-corrected chi connectivity index (χ1v) is 14.0. The minimum Gasteiger partial charge on any atom is -0.352 e. The average Bonchev–Trinajstić information content (AvgIpc) is 3.60. The Morgan fingerprint density at radius 3 is 2.34 bits per heavy atom. The first-order valence-electron chi connectivity index (χ1n) is 14.0. The van der Waals surface area contributed by atoms with E-state index < -0.39 is 11.6 Å². The molecule has 2 aliphatic rings. The number of amides is 1. The van der Waals surface area contributed by atoms with Crippen molar-refractivity contribution in [1.29, 1.82) is 0 Å². The number of carbonyl (C=O) groups excluding carboxylic acids is 1. The molecular formula is C32H34F2N6O. The highest BCUT2D eigenvalue weighted by molar-refractivity contribution is 5.93. The third-order valence-electron chi connectivity index (χ3n) is 8.36. The molecule has 0 radical (unpaired) electrons. The predicted octanol–water partition coefficient (Wildman–Crippen LogP) is 5.55. The van der Waals surface area contributed by atoms with Crippen molar-refractivity contribution in [2.75, 3.05) is 31.2 Å². The van der Waals surface area contributed by atoms with Crippen molar-refractivity contribution >= 4 is 11.6 Å². The highest BCUT2D eigenvalue weighted by Crippen LogP contribution is 2.36. The number of rotatable bonds is 4. The molecule has 212 valence electrons. The Morgan fingerprint density at radius 2 is 1.68 bits per heavy atom. The van der Waals surface area contributed by atoms with E-state index in [1.54, 1.807) is 18.5 Å². The molecular weight excluding hydrogens is 522 g/mol. The van der Waals surface area contributed by atoms with Crippen molar-refractivity contribution in [3.05, 3.63) is 95.9 Å². The summed E-state index contributed by atoms with van der Waals surface area (Å²) in [6.07, 6.45) is 4.90. The number of aromatic nitrogens is 3. The van der Waals surface area contributed by atoms with Crippen molar-refractivity contribution < 1.29 is 13.6 Å². The molecule has 0 atom stereocenters. The van der Waals surface area contributed by atoms with Gasteiger partial charge in [0, 0.05) is 49.3 Å². The summed E-state index contributed by atoms with van der Waals surface area (Å²) >= 11 is 0. The number of hydrogen-bond donors (Lipinski definition) is 1. The third kappa shape index (κ3) is 5.10. The average molecular weight is 557 g/mol. The number of carbonyl (C=O) groups is 1. The van der Waals surface area contributed by atoms with Crippen LogP contribution in [0.1, 0.15) is 49.7 Å². The molecule has 2 fully saturated rings. The van der Waals surface area contributed by atoms with Crippen molar-refractivity contribution in [2.45, 2.75) is 44.6 Å². The fourth-order valence-corrected chi connectivity index (χ4v) is 5.92. The van der Waals surface area contributed by atoms with Crippen LogP contribution in [0.25, 0.3) is 16.9 Å². The lowest BCUT2D eigenvalue weighted by atomic mass is 9.86. The maximum atomic E-state index is 14.0. The summed E-state index contributed by atoms with van der Waals surface area (Å²) in [6, 6.07) is 18.0. The molecule has 2 aliphatic heterocycles. The highest BCUT2D eigenvalue weighted by atomic mass is 19.2. The van der Waals surface area contributed by atoms with Gasteiger partial charge < -0.3 is 9.80 Å². The van der Waals surface area contributed by atoms with E-state index in [4.69, 9.17) is 5.10 Å². The van der Waals surface area contributed by atoms with Gasteiger partial charge in [-0.25, -0.2) is 13.5 Å². The van der Waals surface area contributed by atoms with E-state index in [1.807, 2.05) is 39.9 Å². The Hall–Kier alpha value is -4.11. The molecule has 7 nitrogen and oxygen atoms in total. The van der Waals surface area contributed by atoms with Crippen LogP contribution in [0.2, 0.25) is 0 Å². The van der Waals surface area contributed by atoms with Crippen molar-refractivity contribution in [2.24, 2.45) is 0 Å². The largest absolute Gasteiger partial charge is 0.352 e. The van der Waals surface area contributed by atoms with E-state index in [0.29, 0.717) is 44.0 Å². The Balaban J connectivity index is 1.25. The third-order valence-corrected chi connectivity index (χ3v) is 8.36. The van der Waals surface area contributed by atoms with E-state index in [-0.39, 0.29) is 16.9 Å². The molecule has 0 unspecified atom stereocenters. The maximum Gasteiger partial charge on any atom is 0.274 e. The number of nitrogens with one attached hydrogen (secondary N) is 1. The minimum atomic E-state index is -0.856. The van der Waals surface area contributed by atoms with Crippen LogP contribution < -0.4 is 10.2 Å². The van der Waals surface area contributed by atoms with Gasteiger partial charge in [-0.1, -0.05) is 32.9 Å². The molecule has 0 aliphatic carbocycles. The van der Waals surface area contributed by atoms with E-state index in [2.05, 4.69) is 48.1 Å². The molecule has 0 bridgehead atoms. The normalized spacial score (nSPS) is 16.9. The van der Waals surface area contributed by atoms with Gasteiger partial charge in [0.05, 0.1) is 23.6 Å². The Kier molecular flexibility index (Phi) is 6.85. The molecule has 6 rings (SSSR count). The van der Waals surface area contributed by atoms with Gasteiger partial charge in [-0.2, -0.15) is 5.10 Å². The lowest BCUT2D eigenvalue weighted by molar-refractivity contribution is 0.0672. The van der Waals surface area contributed by atoms with Gasteiger partial charge in [-0.05, 0) is 66.3 Å². The van der Waals surface area contributed by atoms with Gasteiger partial charge in [0.25, 0.3) is 5.91 Å². The standard InChI is InChI=1S/C32H34F2N6O/c1-31(2,3)23-6-8-24(9-7-23)40-29(22-5-4-14-35-19-22)18-28(37-40)30(41)38-15-12-32(13-16-38)20-36-21-39(32)25-10-11-26(33)27(34)17-25/h4-11,14,17-19,36H,12-13,15-16,20-21H2,1-3H3. The molecule has 1 N–H and O–H groups in total. The molecule has 1 amide bonds. The zero-order chi connectivity index (χ0) is 28.8. The van der Waals surface area contributed by atoms with Crippen molar-refractivity contribution in [3.8, 4) is 16.9 Å². The summed E-state index contributed by atoms with van der Waals surface area (Å²) in [7, 11) is 0. The molecule has 2 saturated heterocycles. The van der Waals surface area contributed by atoms with E-state index >= 15 is 0 Å². The number of pyridine rings is 1. The fourth-order valence-electron chi connectivity index (χ4n) is 5.92. The predicted molar refractivity (Wildman–Crippen MR) is 155 cm³/mol. The van der Waals surface area contributed by atoms with Gasteiger partial charge in [-0.15, -0.1) is 0 Å². The maximum absolute atomic E-state index is 14.0. The summed E-state index contributed by atoms with van der Waals surface area (Å²) in [5, 5.41) is 8.18. The lowest BCUT2D eigenvalue weighted by Crippen LogP contribution is -2.55. The van der Waals surface area contributed by atoms with Crippen LogP contribution in [-0.4, -0.2) is 57.4 Å². The molecule has 2 aromatic heterocycles. The number of nitrogens with zero attached hydrogens (tertiary/aromatic N) is 5. The van der Waals surface area contributed by atoms with Crippen LogP contribution >= 0.6 is 0 Å². The first kappa shape index (κ1) is 27.1. The molecule has 4 heterocycles. The number of piperidine rings is 1. The summed E-state index contributed by atoms with van der Waals surface area (Å²) < 4.78 is 29.4. The molecule has 1 spiro atoms. The first-order chi connectivity index (χ1) is 19.6. The zero-order valence-electron chi connectivity index (χ0n) is 23.6. The van der Waals surface area contributed by atoms with Gasteiger partial charge >= 0.3 is 0 Å². The summed E-state index contributed by atoms with van der Waals surface area (Å²) in [5.41, 5.74) is 4.53. The number of likely N-dealkylation sites (tertiary alicyclic amines) is 1. The van der Waals surface area contributed by atoms with Crippen molar-refractivity contribution in [3.63, 3.8) is 0 Å². The van der Waals surface area contributed by atoms with Crippen LogP contribution in [0.4, 0.5) is 14.5 Å². The van der Waals surface area contributed by atoms with Gasteiger partial charge in [0.1, 0.15) is 0 Å². The SMILES string of the molecule is CC(C)(C)c1ccc(-n2nc(C(=O)N3CCC4(CC3)CNCN4c3ccc(F)c(F)c3)cc2-c2cccnc2)cc1. The molecule has 9 heteroatoms. The summed E-state index contributed by atoms with van der Waals surface area (Å²) in [5.74, 6) is -1.84. The Morgan fingerprint density at radius 1 is 0.951 bits per heavy atom. The second-order valence-corrected chi connectivity index (χ2v) is 12.0. The molecule has 2 aromatic carbocycles. The van der Waals surface area contributed by atoms with E-state index in [0.717, 1.165) is 23.5 Å². The van der Waals surface area contributed by atoms with Crippen LogP contribution in [0.5, 0.6) is 0 Å².